The van der Waals surface area contributed by atoms with Gasteiger partial charge in [0.25, 0.3) is 0 Å². The number of aromatic nitrogens is 4. The second kappa shape index (κ2) is 8.44. The molecule has 150 valence electrons. The molecule has 0 spiro atoms. The fourth-order valence-corrected chi connectivity index (χ4v) is 4.22. The smallest absolute Gasteiger partial charge is 0.341 e. The minimum Gasteiger partial charge on any atom is -0.465 e. The Morgan fingerprint density at radius 3 is 2.90 bits per heavy atom. The molecule has 0 atom stereocenters. The van der Waals surface area contributed by atoms with Gasteiger partial charge < -0.3 is 18.4 Å². The third kappa shape index (κ3) is 3.96. The van der Waals surface area contributed by atoms with Crippen molar-refractivity contribution in [2.24, 2.45) is 0 Å². The van der Waals surface area contributed by atoms with Crippen LogP contribution in [0, 0.1) is 0 Å². The van der Waals surface area contributed by atoms with E-state index in [0.717, 1.165) is 21.9 Å². The van der Waals surface area contributed by atoms with E-state index in [1.165, 1.54) is 7.11 Å². The zero-order valence-electron chi connectivity index (χ0n) is 16.0. The standard InChI is InChI=1S/C20H19ClN4O3S/c1-27-9-8-25-17-6-5-13(21)10-16(17)23-20(25)29-12-14-11-24-7-3-4-15(18(24)22-14)19(26)28-2/h3-7,10-11H,8-9,12H2,1-2H3. The number of thioether (sulfide) groups is 1. The number of methoxy groups -OCH3 is 2. The van der Waals surface area contributed by atoms with Crippen LogP contribution in [-0.2, 0) is 21.8 Å². The number of rotatable bonds is 7. The Bertz CT molecular complexity index is 1190. The van der Waals surface area contributed by atoms with E-state index in [4.69, 9.17) is 26.1 Å². The lowest BCUT2D eigenvalue weighted by molar-refractivity contribution is 0.0602. The molecule has 0 amide bonds. The Balaban J connectivity index is 1.63. The van der Waals surface area contributed by atoms with Gasteiger partial charge >= 0.3 is 5.97 Å². The van der Waals surface area contributed by atoms with Gasteiger partial charge in [0, 0.05) is 36.8 Å². The van der Waals surface area contributed by atoms with Crippen LogP contribution >= 0.6 is 23.4 Å². The van der Waals surface area contributed by atoms with E-state index in [1.807, 2.05) is 35.0 Å². The number of hydrogen-bond acceptors (Lipinski definition) is 6. The summed E-state index contributed by atoms with van der Waals surface area (Å²) >= 11 is 7.70. The first-order valence-electron chi connectivity index (χ1n) is 8.93. The molecule has 3 aromatic heterocycles. The molecule has 0 unspecified atom stereocenters. The van der Waals surface area contributed by atoms with E-state index < -0.39 is 5.97 Å². The van der Waals surface area contributed by atoms with Gasteiger partial charge in [-0.3, -0.25) is 0 Å². The average molecular weight is 431 g/mol. The van der Waals surface area contributed by atoms with E-state index in [2.05, 4.69) is 9.55 Å². The van der Waals surface area contributed by atoms with Gasteiger partial charge in [-0.15, -0.1) is 0 Å². The number of nitrogens with zero attached hydrogens (tertiary/aromatic N) is 4. The molecule has 0 saturated carbocycles. The summed E-state index contributed by atoms with van der Waals surface area (Å²) in [5, 5.41) is 1.52. The molecule has 0 radical (unpaired) electrons. The molecule has 3 heterocycles. The number of hydrogen-bond donors (Lipinski definition) is 0. The minimum atomic E-state index is -0.404. The lowest BCUT2D eigenvalue weighted by Crippen LogP contribution is -2.05. The number of carbonyl (C=O) groups excluding carboxylic acids is 1. The summed E-state index contributed by atoms with van der Waals surface area (Å²) in [6.07, 6.45) is 3.77. The molecule has 29 heavy (non-hydrogen) atoms. The maximum atomic E-state index is 12.0. The highest BCUT2D eigenvalue weighted by atomic mass is 35.5. The van der Waals surface area contributed by atoms with Crippen molar-refractivity contribution in [3.63, 3.8) is 0 Å². The maximum Gasteiger partial charge on any atom is 0.341 e. The highest BCUT2D eigenvalue weighted by Gasteiger charge is 2.15. The van der Waals surface area contributed by atoms with Crippen molar-refractivity contribution in [3.05, 3.63) is 59.0 Å². The summed E-state index contributed by atoms with van der Waals surface area (Å²) < 4.78 is 14.0. The normalized spacial score (nSPS) is 11.4. The Kier molecular flexibility index (Phi) is 5.75. The van der Waals surface area contributed by atoms with Crippen molar-refractivity contribution in [2.45, 2.75) is 17.5 Å². The Hall–Kier alpha value is -2.55. The van der Waals surface area contributed by atoms with Crippen LogP contribution < -0.4 is 0 Å². The second-order valence-corrected chi connectivity index (χ2v) is 7.72. The molecule has 0 fully saturated rings. The van der Waals surface area contributed by atoms with Gasteiger partial charge in [-0.05, 0) is 30.3 Å². The van der Waals surface area contributed by atoms with Crippen molar-refractivity contribution in [2.75, 3.05) is 20.8 Å². The molecule has 0 aliphatic heterocycles. The zero-order chi connectivity index (χ0) is 20.4. The molecule has 0 aliphatic carbocycles. The summed E-state index contributed by atoms with van der Waals surface area (Å²) in [6, 6.07) is 9.19. The SMILES string of the molecule is COCCn1c(SCc2cn3cccc(C(=O)OC)c3n2)nc2cc(Cl)ccc21. The van der Waals surface area contributed by atoms with Crippen LogP contribution in [0.4, 0.5) is 0 Å². The number of benzene rings is 1. The van der Waals surface area contributed by atoms with E-state index >= 15 is 0 Å². The zero-order valence-corrected chi connectivity index (χ0v) is 17.5. The van der Waals surface area contributed by atoms with Crippen LogP contribution in [0.1, 0.15) is 16.1 Å². The Labute approximate surface area is 176 Å². The quantitative estimate of drug-likeness (QED) is 0.325. The predicted molar refractivity (Wildman–Crippen MR) is 113 cm³/mol. The summed E-state index contributed by atoms with van der Waals surface area (Å²) in [7, 11) is 3.04. The first-order valence-corrected chi connectivity index (χ1v) is 10.3. The largest absolute Gasteiger partial charge is 0.465 e. The molecule has 7 nitrogen and oxygen atoms in total. The van der Waals surface area contributed by atoms with Crippen LogP contribution in [-0.4, -0.2) is 45.7 Å². The van der Waals surface area contributed by atoms with Crippen LogP contribution in [0.5, 0.6) is 0 Å². The summed E-state index contributed by atoms with van der Waals surface area (Å²) in [5.74, 6) is 0.199. The molecule has 9 heteroatoms. The number of fused-ring (bicyclic) bond motifs is 2. The molecule has 1 aromatic carbocycles. The molecular weight excluding hydrogens is 412 g/mol. The molecule has 0 N–H and O–H groups in total. The van der Waals surface area contributed by atoms with Crippen LogP contribution in [0.2, 0.25) is 5.02 Å². The Morgan fingerprint density at radius 1 is 1.24 bits per heavy atom. The monoisotopic (exact) mass is 430 g/mol. The molecule has 4 rings (SSSR count). The number of pyridine rings is 1. The lowest BCUT2D eigenvalue weighted by atomic mass is 10.3. The molecule has 0 saturated heterocycles. The number of halogens is 1. The fraction of sp³-hybridized carbons (Fsp3) is 0.250. The average Bonchev–Trinajstić information content (AvgIpc) is 3.30. The van der Waals surface area contributed by atoms with Crippen molar-refractivity contribution in [1.29, 1.82) is 0 Å². The molecule has 4 aromatic rings. The van der Waals surface area contributed by atoms with Crippen molar-refractivity contribution in [1.82, 2.24) is 18.9 Å². The van der Waals surface area contributed by atoms with Gasteiger partial charge in [0.15, 0.2) is 10.8 Å². The van der Waals surface area contributed by atoms with Gasteiger partial charge in [0.2, 0.25) is 0 Å². The highest BCUT2D eigenvalue weighted by Crippen LogP contribution is 2.28. The van der Waals surface area contributed by atoms with E-state index in [9.17, 15) is 4.79 Å². The maximum absolute atomic E-state index is 12.0. The number of carbonyl (C=O) groups is 1. The molecule has 0 aliphatic rings. The Morgan fingerprint density at radius 2 is 2.10 bits per heavy atom. The van der Waals surface area contributed by atoms with Gasteiger partial charge in [-0.25, -0.2) is 14.8 Å². The van der Waals surface area contributed by atoms with E-state index in [0.29, 0.717) is 35.1 Å². The third-order valence-electron chi connectivity index (χ3n) is 4.48. The number of imidazole rings is 2. The number of esters is 1. The van der Waals surface area contributed by atoms with Gasteiger partial charge in [-0.2, -0.15) is 0 Å². The third-order valence-corrected chi connectivity index (χ3v) is 5.73. The van der Waals surface area contributed by atoms with Crippen LogP contribution in [0.15, 0.2) is 47.9 Å². The van der Waals surface area contributed by atoms with Crippen molar-refractivity contribution >= 4 is 46.0 Å². The van der Waals surface area contributed by atoms with Crippen molar-refractivity contribution in [3.8, 4) is 0 Å². The van der Waals surface area contributed by atoms with Crippen LogP contribution in [0.25, 0.3) is 16.7 Å². The topological polar surface area (TPSA) is 70.7 Å². The van der Waals surface area contributed by atoms with E-state index in [-0.39, 0.29) is 0 Å². The van der Waals surface area contributed by atoms with Gasteiger partial charge in [-0.1, -0.05) is 23.4 Å². The predicted octanol–water partition coefficient (Wildman–Crippen LogP) is 4.06. The first kappa shape index (κ1) is 19.8. The minimum absolute atomic E-state index is 0.404. The summed E-state index contributed by atoms with van der Waals surface area (Å²) in [5.41, 5.74) is 3.72. The highest BCUT2D eigenvalue weighted by molar-refractivity contribution is 7.98. The van der Waals surface area contributed by atoms with Crippen molar-refractivity contribution < 1.29 is 14.3 Å². The summed E-state index contributed by atoms with van der Waals surface area (Å²) in [4.78, 5) is 21.3. The summed E-state index contributed by atoms with van der Waals surface area (Å²) in [6.45, 7) is 1.27. The second-order valence-electron chi connectivity index (χ2n) is 6.34. The molecular formula is C20H19ClN4O3S. The fourth-order valence-electron chi connectivity index (χ4n) is 3.13. The van der Waals surface area contributed by atoms with E-state index in [1.54, 1.807) is 31.0 Å². The first-order chi connectivity index (χ1) is 14.1. The van der Waals surface area contributed by atoms with Crippen LogP contribution in [0.3, 0.4) is 0 Å². The lowest BCUT2D eigenvalue weighted by Gasteiger charge is -2.07. The van der Waals surface area contributed by atoms with Gasteiger partial charge in [0.1, 0.15) is 5.56 Å². The number of ether oxygens (including phenoxy) is 2. The van der Waals surface area contributed by atoms with Gasteiger partial charge in [0.05, 0.1) is 30.4 Å². The molecule has 0 bridgehead atoms.